The smallest absolute Gasteiger partial charge is 0.128 e. The van der Waals surface area contributed by atoms with Gasteiger partial charge < -0.3 is 10.6 Å². The molecule has 0 saturated heterocycles. The lowest BCUT2D eigenvalue weighted by atomic mass is 10.3. The maximum atomic E-state index is 5.69. The van der Waals surface area contributed by atoms with E-state index in [0.717, 1.165) is 30.3 Å². The first kappa shape index (κ1) is 16.7. The summed E-state index contributed by atoms with van der Waals surface area (Å²) in [6, 6.07) is 3.88. The zero-order valence-electron chi connectivity index (χ0n) is 9.36. The molecule has 5 heteroatoms. The standard InChI is InChI=1S/C10H17N3.2ClH/c1-4-13(5-2)10-7-6-9(11)8(3)12-10;;/h6-7H,4-5,11H2,1-3H3;2*1H. The molecule has 0 radical (unpaired) electrons. The highest BCUT2D eigenvalue weighted by Crippen LogP contribution is 2.15. The maximum absolute atomic E-state index is 5.69. The molecule has 1 aromatic heterocycles. The number of anilines is 2. The zero-order chi connectivity index (χ0) is 9.84. The number of hydrogen-bond donors (Lipinski definition) is 1. The quantitative estimate of drug-likeness (QED) is 0.899. The number of hydrogen-bond acceptors (Lipinski definition) is 3. The van der Waals surface area contributed by atoms with Gasteiger partial charge in [0.05, 0.1) is 11.4 Å². The molecule has 1 aromatic rings. The highest BCUT2D eigenvalue weighted by atomic mass is 35.5. The molecule has 0 aromatic carbocycles. The Balaban J connectivity index is 0. The van der Waals surface area contributed by atoms with E-state index >= 15 is 0 Å². The van der Waals surface area contributed by atoms with Crippen LogP contribution in [0.5, 0.6) is 0 Å². The lowest BCUT2D eigenvalue weighted by molar-refractivity contribution is 0.843. The van der Waals surface area contributed by atoms with Crippen LogP contribution in [-0.2, 0) is 0 Å². The van der Waals surface area contributed by atoms with Crippen molar-refractivity contribution < 1.29 is 0 Å². The van der Waals surface area contributed by atoms with Crippen LogP contribution in [0.25, 0.3) is 0 Å². The molecule has 0 amide bonds. The molecule has 0 bridgehead atoms. The summed E-state index contributed by atoms with van der Waals surface area (Å²) in [4.78, 5) is 6.62. The minimum Gasteiger partial charge on any atom is -0.397 e. The Morgan fingerprint density at radius 2 is 1.73 bits per heavy atom. The van der Waals surface area contributed by atoms with E-state index in [-0.39, 0.29) is 24.8 Å². The molecule has 88 valence electrons. The van der Waals surface area contributed by atoms with Crippen molar-refractivity contribution >= 4 is 36.3 Å². The van der Waals surface area contributed by atoms with E-state index < -0.39 is 0 Å². The van der Waals surface area contributed by atoms with Gasteiger partial charge in [0, 0.05) is 13.1 Å². The molecular weight excluding hydrogens is 233 g/mol. The summed E-state index contributed by atoms with van der Waals surface area (Å²) in [5, 5.41) is 0. The topological polar surface area (TPSA) is 42.1 Å². The zero-order valence-corrected chi connectivity index (χ0v) is 11.0. The van der Waals surface area contributed by atoms with Crippen molar-refractivity contribution in [3.63, 3.8) is 0 Å². The summed E-state index contributed by atoms with van der Waals surface area (Å²) < 4.78 is 0. The van der Waals surface area contributed by atoms with Gasteiger partial charge in [0.25, 0.3) is 0 Å². The molecule has 1 heterocycles. The SMILES string of the molecule is CCN(CC)c1ccc(N)c(C)n1.Cl.Cl. The molecule has 0 aliphatic carbocycles. The monoisotopic (exact) mass is 251 g/mol. The van der Waals surface area contributed by atoms with Crippen molar-refractivity contribution in [1.29, 1.82) is 0 Å². The average Bonchev–Trinajstić information content (AvgIpc) is 2.13. The van der Waals surface area contributed by atoms with Crippen LogP contribution < -0.4 is 10.6 Å². The number of nitrogen functional groups attached to an aromatic ring is 1. The Morgan fingerprint density at radius 3 is 2.13 bits per heavy atom. The molecule has 0 aliphatic heterocycles. The van der Waals surface area contributed by atoms with Gasteiger partial charge in [-0.1, -0.05) is 0 Å². The van der Waals surface area contributed by atoms with Gasteiger partial charge in [-0.15, -0.1) is 24.8 Å². The van der Waals surface area contributed by atoms with Gasteiger partial charge in [-0.25, -0.2) is 4.98 Å². The van der Waals surface area contributed by atoms with E-state index in [0.29, 0.717) is 0 Å². The van der Waals surface area contributed by atoms with Gasteiger partial charge in [-0.05, 0) is 32.9 Å². The van der Waals surface area contributed by atoms with E-state index in [4.69, 9.17) is 5.73 Å². The van der Waals surface area contributed by atoms with Gasteiger partial charge in [-0.2, -0.15) is 0 Å². The first-order valence-corrected chi connectivity index (χ1v) is 4.67. The van der Waals surface area contributed by atoms with Crippen molar-refractivity contribution in [2.24, 2.45) is 0 Å². The van der Waals surface area contributed by atoms with E-state index in [1.807, 2.05) is 19.1 Å². The second-order valence-electron chi connectivity index (χ2n) is 3.02. The van der Waals surface area contributed by atoms with Crippen LogP contribution in [-0.4, -0.2) is 18.1 Å². The fraction of sp³-hybridized carbons (Fsp3) is 0.500. The molecule has 2 N–H and O–H groups in total. The summed E-state index contributed by atoms with van der Waals surface area (Å²) in [6.45, 7) is 8.13. The van der Waals surface area contributed by atoms with Crippen LogP contribution in [0.4, 0.5) is 11.5 Å². The van der Waals surface area contributed by atoms with Crippen molar-refractivity contribution in [3.8, 4) is 0 Å². The van der Waals surface area contributed by atoms with Crippen LogP contribution in [0.2, 0.25) is 0 Å². The Bertz CT molecular complexity index is 288. The number of aromatic nitrogens is 1. The Kier molecular flexibility index (Phi) is 8.49. The number of halogens is 2. The molecule has 0 fully saturated rings. The second kappa shape index (κ2) is 7.60. The maximum Gasteiger partial charge on any atom is 0.128 e. The third kappa shape index (κ3) is 4.14. The van der Waals surface area contributed by atoms with E-state index in [1.54, 1.807) is 0 Å². The lowest BCUT2D eigenvalue weighted by Gasteiger charge is -2.20. The highest BCUT2D eigenvalue weighted by molar-refractivity contribution is 5.85. The number of rotatable bonds is 3. The van der Waals surface area contributed by atoms with Gasteiger partial charge in [0.2, 0.25) is 0 Å². The average molecular weight is 252 g/mol. The summed E-state index contributed by atoms with van der Waals surface area (Å²) in [5.41, 5.74) is 7.36. The minimum absolute atomic E-state index is 0. The largest absolute Gasteiger partial charge is 0.397 e. The molecule has 0 saturated carbocycles. The number of pyridine rings is 1. The summed E-state index contributed by atoms with van der Waals surface area (Å²) in [6.07, 6.45) is 0. The highest BCUT2D eigenvalue weighted by Gasteiger charge is 2.03. The molecule has 1 rings (SSSR count). The lowest BCUT2D eigenvalue weighted by Crippen LogP contribution is -2.23. The van der Waals surface area contributed by atoms with Crippen molar-refractivity contribution in [2.75, 3.05) is 23.7 Å². The van der Waals surface area contributed by atoms with Gasteiger partial charge in [-0.3, -0.25) is 0 Å². The number of aryl methyl sites for hydroxylation is 1. The summed E-state index contributed by atoms with van der Waals surface area (Å²) >= 11 is 0. The van der Waals surface area contributed by atoms with Crippen molar-refractivity contribution in [2.45, 2.75) is 20.8 Å². The number of nitrogens with two attached hydrogens (primary N) is 1. The Labute approximate surface area is 104 Å². The van der Waals surface area contributed by atoms with Crippen LogP contribution in [0.3, 0.4) is 0 Å². The predicted octanol–water partition coefficient (Wildman–Crippen LogP) is 2.66. The van der Waals surface area contributed by atoms with Gasteiger partial charge in [0.1, 0.15) is 5.82 Å². The fourth-order valence-corrected chi connectivity index (χ4v) is 1.28. The second-order valence-corrected chi connectivity index (χ2v) is 3.02. The Morgan fingerprint density at radius 1 is 1.20 bits per heavy atom. The van der Waals surface area contributed by atoms with Gasteiger partial charge in [0.15, 0.2) is 0 Å². The summed E-state index contributed by atoms with van der Waals surface area (Å²) in [5.74, 6) is 1.01. The molecule has 0 aliphatic rings. The molecule has 0 unspecified atom stereocenters. The first-order valence-electron chi connectivity index (χ1n) is 4.67. The Hall–Kier alpha value is -0.670. The molecule has 0 atom stereocenters. The van der Waals surface area contributed by atoms with E-state index in [2.05, 4.69) is 23.7 Å². The van der Waals surface area contributed by atoms with Crippen molar-refractivity contribution in [1.82, 2.24) is 4.98 Å². The summed E-state index contributed by atoms with van der Waals surface area (Å²) in [7, 11) is 0. The molecular formula is C10H19Cl2N3. The predicted molar refractivity (Wildman–Crippen MR) is 71.4 cm³/mol. The minimum atomic E-state index is 0. The van der Waals surface area contributed by atoms with Crippen LogP contribution in [0.1, 0.15) is 19.5 Å². The van der Waals surface area contributed by atoms with Crippen LogP contribution in [0.15, 0.2) is 12.1 Å². The molecule has 3 nitrogen and oxygen atoms in total. The molecule has 0 spiro atoms. The number of nitrogens with zero attached hydrogens (tertiary/aromatic N) is 2. The van der Waals surface area contributed by atoms with Crippen LogP contribution in [0, 0.1) is 6.92 Å². The fourth-order valence-electron chi connectivity index (χ4n) is 1.28. The third-order valence-corrected chi connectivity index (χ3v) is 2.20. The van der Waals surface area contributed by atoms with Crippen LogP contribution >= 0.6 is 24.8 Å². The van der Waals surface area contributed by atoms with Gasteiger partial charge >= 0.3 is 0 Å². The molecule has 15 heavy (non-hydrogen) atoms. The van der Waals surface area contributed by atoms with Crippen molar-refractivity contribution in [3.05, 3.63) is 17.8 Å². The van der Waals surface area contributed by atoms with E-state index in [1.165, 1.54) is 0 Å². The normalized spacial score (nSPS) is 8.73. The van der Waals surface area contributed by atoms with E-state index in [9.17, 15) is 0 Å². The third-order valence-electron chi connectivity index (χ3n) is 2.20. The first-order chi connectivity index (χ1) is 6.19.